The molecule has 4 aromatic carbocycles. The van der Waals surface area contributed by atoms with Gasteiger partial charge < -0.3 is 9.47 Å². The van der Waals surface area contributed by atoms with E-state index in [1.165, 1.54) is 0 Å². The van der Waals surface area contributed by atoms with E-state index in [1.54, 1.807) is 0 Å². The normalized spacial score (nSPS) is 21.7. The van der Waals surface area contributed by atoms with Crippen molar-refractivity contribution in [2.24, 2.45) is 9.98 Å². The SMILES string of the molecule is c1ccc([C@@H]2N=C(c3cccc(C4=N[C@@H](c5ccccc5)[C@H](c5ccccc5)O4)n3)O[C@H]2c2ccccc2)cc1. The molecule has 0 amide bonds. The predicted molar refractivity (Wildman–Crippen MR) is 156 cm³/mol. The zero-order valence-corrected chi connectivity index (χ0v) is 21.7. The molecule has 1 aromatic heterocycles. The Labute approximate surface area is 233 Å². The summed E-state index contributed by atoms with van der Waals surface area (Å²) in [7, 11) is 0. The number of aromatic nitrogens is 1. The zero-order chi connectivity index (χ0) is 26.7. The third-order valence-electron chi connectivity index (χ3n) is 7.29. The minimum Gasteiger partial charge on any atom is -0.465 e. The van der Waals surface area contributed by atoms with Gasteiger partial charge in [0.05, 0.1) is 0 Å². The van der Waals surface area contributed by atoms with Gasteiger partial charge in [0.2, 0.25) is 11.8 Å². The molecule has 5 nitrogen and oxygen atoms in total. The van der Waals surface area contributed by atoms with Crippen molar-refractivity contribution in [3.05, 3.63) is 173 Å². The van der Waals surface area contributed by atoms with Crippen molar-refractivity contribution in [1.29, 1.82) is 0 Å². The van der Waals surface area contributed by atoms with Gasteiger partial charge in [-0.1, -0.05) is 127 Å². The lowest BCUT2D eigenvalue weighted by molar-refractivity contribution is 0.195. The van der Waals surface area contributed by atoms with Crippen LogP contribution in [0, 0.1) is 0 Å². The van der Waals surface area contributed by atoms with Crippen molar-refractivity contribution in [2.75, 3.05) is 0 Å². The van der Waals surface area contributed by atoms with Gasteiger partial charge >= 0.3 is 0 Å². The Morgan fingerprint density at radius 2 is 0.725 bits per heavy atom. The quantitative estimate of drug-likeness (QED) is 0.231. The Morgan fingerprint density at radius 1 is 0.375 bits per heavy atom. The van der Waals surface area contributed by atoms with E-state index in [-0.39, 0.29) is 24.3 Å². The van der Waals surface area contributed by atoms with E-state index in [9.17, 15) is 0 Å². The Hall–Kier alpha value is -5.03. The Morgan fingerprint density at radius 3 is 1.10 bits per heavy atom. The predicted octanol–water partition coefficient (Wildman–Crippen LogP) is 7.60. The van der Waals surface area contributed by atoms with Gasteiger partial charge in [0, 0.05) is 0 Å². The fourth-order valence-electron chi connectivity index (χ4n) is 5.33. The van der Waals surface area contributed by atoms with Crippen LogP contribution in [-0.4, -0.2) is 16.8 Å². The molecule has 0 spiro atoms. The fourth-order valence-corrected chi connectivity index (χ4v) is 5.33. The smallest absolute Gasteiger partial charge is 0.236 e. The molecule has 0 unspecified atom stereocenters. The van der Waals surface area contributed by atoms with Gasteiger partial charge in [-0.3, -0.25) is 0 Å². The van der Waals surface area contributed by atoms with Crippen LogP contribution in [0.2, 0.25) is 0 Å². The van der Waals surface area contributed by atoms with Crippen LogP contribution in [0.25, 0.3) is 0 Å². The van der Waals surface area contributed by atoms with Crippen LogP contribution in [0.15, 0.2) is 150 Å². The summed E-state index contributed by atoms with van der Waals surface area (Å²) in [5.74, 6) is 1.03. The molecular weight excluding hydrogens is 494 g/mol. The number of benzene rings is 4. The highest BCUT2D eigenvalue weighted by molar-refractivity contribution is 5.97. The number of hydrogen-bond donors (Lipinski definition) is 0. The molecule has 40 heavy (non-hydrogen) atoms. The molecule has 0 fully saturated rings. The molecule has 0 bridgehead atoms. The summed E-state index contributed by atoms with van der Waals surface area (Å²) in [5, 5.41) is 0. The van der Waals surface area contributed by atoms with Gasteiger partial charge in [0.1, 0.15) is 23.5 Å². The summed E-state index contributed by atoms with van der Waals surface area (Å²) in [6.45, 7) is 0. The first-order valence-electron chi connectivity index (χ1n) is 13.5. The number of nitrogens with zero attached hydrogens (tertiary/aromatic N) is 3. The molecule has 4 atom stereocenters. The molecule has 0 saturated carbocycles. The maximum Gasteiger partial charge on any atom is 0.236 e. The Bertz CT molecular complexity index is 1530. The van der Waals surface area contributed by atoms with Crippen LogP contribution in [-0.2, 0) is 9.47 Å². The number of ether oxygens (including phenoxy) is 2. The molecule has 2 aliphatic heterocycles. The van der Waals surface area contributed by atoms with Crippen LogP contribution in [0.4, 0.5) is 0 Å². The number of rotatable bonds is 6. The molecule has 3 heterocycles. The van der Waals surface area contributed by atoms with E-state index < -0.39 is 0 Å². The van der Waals surface area contributed by atoms with Crippen molar-refractivity contribution in [1.82, 2.24) is 4.98 Å². The van der Waals surface area contributed by atoms with Gasteiger partial charge in [-0.25, -0.2) is 15.0 Å². The largest absolute Gasteiger partial charge is 0.465 e. The zero-order valence-electron chi connectivity index (χ0n) is 21.7. The van der Waals surface area contributed by atoms with Gasteiger partial charge in [-0.05, 0) is 34.4 Å². The van der Waals surface area contributed by atoms with Crippen LogP contribution >= 0.6 is 0 Å². The second-order valence-corrected chi connectivity index (χ2v) is 9.89. The lowest BCUT2D eigenvalue weighted by Crippen LogP contribution is -2.13. The van der Waals surface area contributed by atoms with E-state index in [1.807, 2.05) is 91.0 Å². The second-order valence-electron chi connectivity index (χ2n) is 9.89. The summed E-state index contributed by atoms with van der Waals surface area (Å²) < 4.78 is 13.0. The van der Waals surface area contributed by atoms with Gasteiger partial charge in [-0.2, -0.15) is 0 Å². The van der Waals surface area contributed by atoms with E-state index in [2.05, 4.69) is 48.5 Å². The van der Waals surface area contributed by atoms with E-state index in [0.29, 0.717) is 23.2 Å². The lowest BCUT2D eigenvalue weighted by Gasteiger charge is -2.18. The third-order valence-corrected chi connectivity index (χ3v) is 7.29. The summed E-state index contributed by atoms with van der Waals surface area (Å²) in [6.07, 6.45) is -0.483. The number of pyridine rings is 1. The molecular formula is C35H27N3O2. The monoisotopic (exact) mass is 521 g/mol. The average Bonchev–Trinajstić information content (AvgIpc) is 3.69. The highest BCUT2D eigenvalue weighted by Crippen LogP contribution is 2.42. The molecule has 5 aromatic rings. The summed E-state index contributed by atoms with van der Waals surface area (Å²) in [6, 6.07) is 46.4. The first kappa shape index (κ1) is 24.0. The van der Waals surface area contributed by atoms with Gasteiger partial charge in [0.25, 0.3) is 0 Å². The molecule has 7 rings (SSSR count). The topological polar surface area (TPSA) is 56.1 Å². The maximum atomic E-state index is 6.51. The number of aliphatic imine (C=N–C) groups is 2. The molecule has 0 radical (unpaired) electrons. The van der Waals surface area contributed by atoms with Crippen LogP contribution in [0.3, 0.4) is 0 Å². The molecule has 0 aliphatic carbocycles. The fraction of sp³-hybridized carbons (Fsp3) is 0.114. The molecule has 5 heteroatoms. The standard InChI is InChI=1S/C35H27N3O2/c1-5-14-24(15-6-1)30-32(26-18-9-3-10-19-26)39-34(37-30)28-22-13-23-29(36-28)35-38-31(25-16-7-2-8-17-25)33(40-35)27-20-11-4-12-21-27/h1-23,30-33H/t30-,31-,32-,33-/m0/s1. The van der Waals surface area contributed by atoms with Gasteiger partial charge in [0.15, 0.2) is 12.2 Å². The van der Waals surface area contributed by atoms with Crippen LogP contribution in [0.5, 0.6) is 0 Å². The minimum absolute atomic E-state index is 0.172. The summed E-state index contributed by atoms with van der Waals surface area (Å²) in [4.78, 5) is 15.0. The highest BCUT2D eigenvalue weighted by atomic mass is 16.5. The van der Waals surface area contributed by atoms with E-state index >= 15 is 0 Å². The van der Waals surface area contributed by atoms with E-state index in [4.69, 9.17) is 24.4 Å². The molecule has 0 N–H and O–H groups in total. The highest BCUT2D eigenvalue weighted by Gasteiger charge is 2.36. The van der Waals surface area contributed by atoms with Crippen LogP contribution < -0.4 is 0 Å². The van der Waals surface area contributed by atoms with Crippen molar-refractivity contribution in [2.45, 2.75) is 24.3 Å². The molecule has 194 valence electrons. The van der Waals surface area contributed by atoms with Crippen molar-refractivity contribution >= 4 is 11.8 Å². The second kappa shape index (κ2) is 10.6. The summed E-state index contributed by atoms with van der Waals surface area (Å²) in [5.41, 5.74) is 5.66. The maximum absolute atomic E-state index is 6.51. The van der Waals surface area contributed by atoms with Crippen molar-refractivity contribution in [3.8, 4) is 0 Å². The first-order chi connectivity index (χ1) is 19.8. The third kappa shape index (κ3) is 4.67. The summed E-state index contributed by atoms with van der Waals surface area (Å²) >= 11 is 0. The lowest BCUT2D eigenvalue weighted by atomic mass is 9.97. The van der Waals surface area contributed by atoms with Crippen molar-refractivity contribution in [3.63, 3.8) is 0 Å². The van der Waals surface area contributed by atoms with Crippen LogP contribution in [0.1, 0.15) is 57.9 Å². The first-order valence-corrected chi connectivity index (χ1v) is 13.5. The molecule has 2 aliphatic rings. The Kier molecular flexibility index (Phi) is 6.38. The number of hydrogen-bond acceptors (Lipinski definition) is 5. The molecule has 0 saturated heterocycles. The minimum atomic E-state index is -0.242. The van der Waals surface area contributed by atoms with Gasteiger partial charge in [-0.15, -0.1) is 0 Å². The van der Waals surface area contributed by atoms with Crippen molar-refractivity contribution < 1.29 is 9.47 Å². The average molecular weight is 522 g/mol. The Balaban J connectivity index is 1.23. The van der Waals surface area contributed by atoms with E-state index in [0.717, 1.165) is 22.3 Å².